The highest BCUT2D eigenvalue weighted by molar-refractivity contribution is 9.10. The summed E-state index contributed by atoms with van der Waals surface area (Å²) in [7, 11) is -4.22. The Morgan fingerprint density at radius 3 is 2.09 bits per heavy atom. The molecule has 0 fully saturated rings. The van der Waals surface area contributed by atoms with E-state index < -0.39 is 34.1 Å². The zero-order valence-electron chi connectivity index (χ0n) is 26.6. The lowest BCUT2D eigenvalue weighted by Crippen LogP contribution is -2.56. The Balaban J connectivity index is 1.83. The molecule has 4 rings (SSSR count). The smallest absolute Gasteiger partial charge is 0.264 e. The van der Waals surface area contributed by atoms with Gasteiger partial charge in [-0.2, -0.15) is 0 Å². The Kier molecular flexibility index (Phi) is 11.4. The van der Waals surface area contributed by atoms with E-state index in [0.29, 0.717) is 5.02 Å². The van der Waals surface area contributed by atoms with Crippen LogP contribution in [0.4, 0.5) is 5.69 Å². The number of rotatable bonds is 11. The first-order valence-corrected chi connectivity index (χ1v) is 17.5. The number of halogens is 2. The third-order valence-electron chi connectivity index (χ3n) is 7.37. The van der Waals surface area contributed by atoms with E-state index in [2.05, 4.69) is 21.2 Å². The number of hydrogen-bond acceptors (Lipinski definition) is 4. The minimum atomic E-state index is -4.22. The summed E-state index contributed by atoms with van der Waals surface area (Å²) in [6, 6.07) is 27.3. The van der Waals surface area contributed by atoms with E-state index in [4.69, 9.17) is 11.6 Å². The maximum absolute atomic E-state index is 14.6. The molecule has 0 aliphatic rings. The first-order chi connectivity index (χ1) is 21.6. The van der Waals surface area contributed by atoms with Crippen LogP contribution in [0.25, 0.3) is 0 Å². The summed E-state index contributed by atoms with van der Waals surface area (Å²) < 4.78 is 30.3. The van der Waals surface area contributed by atoms with Crippen molar-refractivity contribution in [1.82, 2.24) is 10.2 Å². The Labute approximate surface area is 285 Å². The summed E-state index contributed by atoms with van der Waals surface area (Å²) in [5.41, 5.74) is 2.98. The fourth-order valence-electron chi connectivity index (χ4n) is 4.90. The lowest BCUT2D eigenvalue weighted by Gasteiger charge is -2.35. The van der Waals surface area contributed by atoms with Gasteiger partial charge in [-0.3, -0.25) is 13.9 Å². The lowest BCUT2D eigenvalue weighted by atomic mass is 10.0. The van der Waals surface area contributed by atoms with Crippen molar-refractivity contribution < 1.29 is 18.0 Å². The highest BCUT2D eigenvalue weighted by atomic mass is 79.9. The quantitative estimate of drug-likeness (QED) is 0.174. The molecule has 242 valence electrons. The molecule has 0 aliphatic carbocycles. The van der Waals surface area contributed by atoms with Crippen LogP contribution in [0.1, 0.15) is 43.0 Å². The molecule has 7 nitrogen and oxygen atoms in total. The van der Waals surface area contributed by atoms with Gasteiger partial charge in [0.25, 0.3) is 10.0 Å². The summed E-state index contributed by atoms with van der Waals surface area (Å²) in [4.78, 5) is 30.1. The second kappa shape index (κ2) is 14.8. The van der Waals surface area contributed by atoms with Crippen molar-refractivity contribution in [1.29, 1.82) is 0 Å². The zero-order chi connectivity index (χ0) is 33.6. The van der Waals surface area contributed by atoms with Gasteiger partial charge in [-0.05, 0) is 87.7 Å². The van der Waals surface area contributed by atoms with Crippen LogP contribution in [0.3, 0.4) is 0 Å². The number of amides is 2. The van der Waals surface area contributed by atoms with Crippen LogP contribution in [-0.2, 0) is 32.6 Å². The molecule has 0 unspecified atom stereocenters. The Hall–Kier alpha value is -3.66. The number of nitrogens with zero attached hydrogens (tertiary/aromatic N) is 2. The number of sulfonamides is 1. The molecular formula is C36H39BrClN3O4S. The molecular weight excluding hydrogens is 686 g/mol. The van der Waals surface area contributed by atoms with Crippen LogP contribution in [0.2, 0.25) is 5.02 Å². The average Bonchev–Trinajstić information content (AvgIpc) is 2.99. The van der Waals surface area contributed by atoms with Gasteiger partial charge in [-0.25, -0.2) is 8.42 Å². The van der Waals surface area contributed by atoms with E-state index in [0.717, 1.165) is 31.0 Å². The fraction of sp³-hybridized carbons (Fsp3) is 0.278. The van der Waals surface area contributed by atoms with E-state index in [1.165, 1.54) is 17.0 Å². The second-order valence-corrected chi connectivity index (χ2v) is 15.5. The number of carbonyl (C=O) groups is 2. The molecule has 10 heteroatoms. The molecule has 0 saturated carbocycles. The SMILES string of the molecule is Cc1ccc(S(=O)(=O)N(CC(=O)N(Cc2ccc(Br)cc2)[C@@H](Cc2ccccc2)C(=O)NC(C)(C)C)c2ccc(C)c(Cl)c2)cc1. The van der Waals surface area contributed by atoms with Crippen LogP contribution in [-0.4, -0.2) is 43.3 Å². The molecule has 46 heavy (non-hydrogen) atoms. The first-order valence-electron chi connectivity index (χ1n) is 14.9. The average molecular weight is 725 g/mol. The molecule has 0 aromatic heterocycles. The monoisotopic (exact) mass is 723 g/mol. The Morgan fingerprint density at radius 1 is 0.870 bits per heavy atom. The van der Waals surface area contributed by atoms with Gasteiger partial charge in [-0.15, -0.1) is 0 Å². The summed E-state index contributed by atoms with van der Waals surface area (Å²) in [6.45, 7) is 8.84. The number of nitrogens with one attached hydrogen (secondary N) is 1. The summed E-state index contributed by atoms with van der Waals surface area (Å²) in [5, 5.41) is 3.41. The van der Waals surface area contributed by atoms with Gasteiger partial charge in [0, 0.05) is 28.0 Å². The molecule has 0 radical (unpaired) electrons. The Morgan fingerprint density at radius 2 is 1.50 bits per heavy atom. The molecule has 0 aliphatic heterocycles. The first kappa shape index (κ1) is 35.2. The maximum atomic E-state index is 14.6. The third-order valence-corrected chi connectivity index (χ3v) is 10.1. The molecule has 1 atom stereocenters. The summed E-state index contributed by atoms with van der Waals surface area (Å²) in [6.07, 6.45) is 0.228. The van der Waals surface area contributed by atoms with Crippen molar-refractivity contribution in [2.24, 2.45) is 0 Å². The molecule has 0 heterocycles. The van der Waals surface area contributed by atoms with Gasteiger partial charge in [-0.1, -0.05) is 93.8 Å². The van der Waals surface area contributed by atoms with Crippen LogP contribution >= 0.6 is 27.5 Å². The van der Waals surface area contributed by atoms with Crippen molar-refractivity contribution in [2.75, 3.05) is 10.8 Å². The van der Waals surface area contributed by atoms with E-state index >= 15 is 0 Å². The minimum absolute atomic E-state index is 0.0355. The highest BCUT2D eigenvalue weighted by Crippen LogP contribution is 2.29. The Bertz CT molecular complexity index is 1780. The lowest BCUT2D eigenvalue weighted by molar-refractivity contribution is -0.140. The molecule has 0 bridgehead atoms. The van der Waals surface area contributed by atoms with Crippen LogP contribution in [0.15, 0.2) is 106 Å². The van der Waals surface area contributed by atoms with Crippen LogP contribution in [0.5, 0.6) is 0 Å². The minimum Gasteiger partial charge on any atom is -0.350 e. The maximum Gasteiger partial charge on any atom is 0.264 e. The largest absolute Gasteiger partial charge is 0.350 e. The molecule has 2 amide bonds. The van der Waals surface area contributed by atoms with Gasteiger partial charge in [0.15, 0.2) is 0 Å². The number of benzene rings is 4. The van der Waals surface area contributed by atoms with Crippen molar-refractivity contribution in [3.05, 3.63) is 129 Å². The molecule has 4 aromatic rings. The normalized spacial score (nSPS) is 12.3. The van der Waals surface area contributed by atoms with Crippen molar-refractivity contribution in [2.45, 2.75) is 64.1 Å². The number of aryl methyl sites for hydroxylation is 2. The standard InChI is InChI=1S/C36H39BrClN3O4S/c1-25-11-19-31(20-12-25)46(44,45)41(30-18-13-26(2)32(38)22-30)24-34(42)40(23-28-14-16-29(37)17-15-28)33(35(43)39-36(3,4)5)21-27-9-7-6-8-10-27/h6-20,22,33H,21,23-24H2,1-5H3,(H,39,43)/t33-/m0/s1. The number of hydrogen-bond donors (Lipinski definition) is 1. The molecule has 0 spiro atoms. The summed E-state index contributed by atoms with van der Waals surface area (Å²) in [5.74, 6) is -0.881. The second-order valence-electron chi connectivity index (χ2n) is 12.4. The predicted molar refractivity (Wildman–Crippen MR) is 188 cm³/mol. The number of anilines is 1. The van der Waals surface area contributed by atoms with E-state index in [1.807, 2.05) is 89.2 Å². The van der Waals surface area contributed by atoms with Gasteiger partial charge in [0.05, 0.1) is 10.6 Å². The topological polar surface area (TPSA) is 86.8 Å². The molecule has 0 saturated heterocycles. The fourth-order valence-corrected chi connectivity index (χ4v) is 6.74. The van der Waals surface area contributed by atoms with Crippen molar-refractivity contribution in [3.8, 4) is 0 Å². The van der Waals surface area contributed by atoms with Crippen LogP contribution in [0, 0.1) is 13.8 Å². The molecule has 4 aromatic carbocycles. The summed E-state index contributed by atoms with van der Waals surface area (Å²) >= 11 is 9.92. The predicted octanol–water partition coefficient (Wildman–Crippen LogP) is 7.47. The van der Waals surface area contributed by atoms with Crippen molar-refractivity contribution >= 4 is 55.1 Å². The van der Waals surface area contributed by atoms with Crippen LogP contribution < -0.4 is 9.62 Å². The van der Waals surface area contributed by atoms with E-state index in [9.17, 15) is 18.0 Å². The van der Waals surface area contributed by atoms with E-state index in [-0.39, 0.29) is 29.5 Å². The van der Waals surface area contributed by atoms with Gasteiger partial charge < -0.3 is 10.2 Å². The number of carbonyl (C=O) groups excluding carboxylic acids is 2. The zero-order valence-corrected chi connectivity index (χ0v) is 29.8. The highest BCUT2D eigenvalue weighted by Gasteiger charge is 2.35. The third kappa shape index (κ3) is 9.21. The van der Waals surface area contributed by atoms with Gasteiger partial charge in [0.2, 0.25) is 11.8 Å². The van der Waals surface area contributed by atoms with Gasteiger partial charge >= 0.3 is 0 Å². The van der Waals surface area contributed by atoms with Gasteiger partial charge in [0.1, 0.15) is 12.6 Å². The van der Waals surface area contributed by atoms with E-state index in [1.54, 1.807) is 30.3 Å². The molecule has 1 N–H and O–H groups in total. The van der Waals surface area contributed by atoms with Crippen molar-refractivity contribution in [3.63, 3.8) is 0 Å².